The Bertz CT molecular complexity index is 664. The third-order valence-corrected chi connectivity index (χ3v) is 4.73. The summed E-state index contributed by atoms with van der Waals surface area (Å²) in [6, 6.07) is 0. The fourth-order valence-corrected chi connectivity index (χ4v) is 3.26. The van der Waals surface area contributed by atoms with Crippen LogP contribution in [0.15, 0.2) is 6.33 Å². The van der Waals surface area contributed by atoms with Crippen molar-refractivity contribution < 1.29 is 14.6 Å². The van der Waals surface area contributed by atoms with Crippen LogP contribution in [0.2, 0.25) is 0 Å². The van der Waals surface area contributed by atoms with E-state index in [0.717, 1.165) is 6.42 Å². The number of aliphatic hydroxyl groups excluding tert-OH is 1. The van der Waals surface area contributed by atoms with Crippen LogP contribution >= 0.6 is 0 Å². The van der Waals surface area contributed by atoms with Crippen LogP contribution in [0.5, 0.6) is 5.88 Å². The van der Waals surface area contributed by atoms with Crippen molar-refractivity contribution in [1.29, 1.82) is 0 Å². The molecule has 0 amide bonds. The Morgan fingerprint density at radius 2 is 2.36 bits per heavy atom. The summed E-state index contributed by atoms with van der Waals surface area (Å²) in [5.74, 6) is 1.31. The molecule has 1 saturated heterocycles. The molecule has 2 aromatic heterocycles. The molecule has 0 spiro atoms. The molecular weight excluding hydrogens is 479 g/mol. The molecule has 1 aliphatic heterocycles. The van der Waals surface area contributed by atoms with Gasteiger partial charge >= 0.3 is 144 Å². The summed E-state index contributed by atoms with van der Waals surface area (Å²) >= 11 is 0.536. The molecule has 1 fully saturated rings. The van der Waals surface area contributed by atoms with Gasteiger partial charge in [-0.3, -0.25) is 0 Å². The zero-order valence-corrected chi connectivity index (χ0v) is 17.0. The van der Waals surface area contributed by atoms with Gasteiger partial charge in [-0.2, -0.15) is 0 Å². The molecule has 0 radical (unpaired) electrons. The topological polar surface area (TPSA) is 94.3 Å². The molecule has 0 aliphatic carbocycles. The average molecular weight is 497 g/mol. The van der Waals surface area contributed by atoms with E-state index in [2.05, 4.69) is 25.0 Å². The Hall–Kier alpha value is -1.01. The van der Waals surface area contributed by atoms with Crippen molar-refractivity contribution in [3.63, 3.8) is 0 Å². The van der Waals surface area contributed by atoms with Gasteiger partial charge < -0.3 is 0 Å². The number of nitrogens with one attached hydrogen (secondary N) is 1. The molecule has 0 aromatic carbocycles. The summed E-state index contributed by atoms with van der Waals surface area (Å²) in [5, 5.41) is 9.31. The third kappa shape index (κ3) is 2.78. The first kappa shape index (κ1) is 15.9. The van der Waals surface area contributed by atoms with Gasteiger partial charge in [-0.25, -0.2) is 0 Å². The van der Waals surface area contributed by atoms with E-state index in [4.69, 9.17) is 9.47 Å². The molecule has 9 heteroatoms. The van der Waals surface area contributed by atoms with Crippen molar-refractivity contribution in [3.05, 3.63) is 6.33 Å². The van der Waals surface area contributed by atoms with Gasteiger partial charge in [0.2, 0.25) is 0 Å². The number of anilines is 1. The third-order valence-electron chi connectivity index (χ3n) is 3.73. The molecule has 0 saturated carbocycles. The van der Waals surface area contributed by atoms with Crippen molar-refractivity contribution in [2.75, 3.05) is 16.3 Å². The molecule has 1 aliphatic rings. The molecule has 22 heavy (non-hydrogen) atoms. The van der Waals surface area contributed by atoms with Gasteiger partial charge in [0.25, 0.3) is 0 Å². The van der Waals surface area contributed by atoms with Crippen LogP contribution in [-0.2, 0) is 4.74 Å². The molecule has 2 N–H and O–H groups in total. The number of fused-ring (bicyclic) bond motifs is 1. The predicted octanol–water partition coefficient (Wildman–Crippen LogP) is 0.636. The van der Waals surface area contributed by atoms with E-state index < -0.39 is 0 Å². The summed E-state index contributed by atoms with van der Waals surface area (Å²) in [6.45, 7) is 4.56. The second kappa shape index (κ2) is 6.62. The normalized spacial score (nSPS) is 24.7. The van der Waals surface area contributed by atoms with Crippen LogP contribution in [0.1, 0.15) is 26.5 Å². The van der Waals surface area contributed by atoms with Gasteiger partial charge in [-0.1, -0.05) is 0 Å². The second-order valence-electron chi connectivity index (χ2n) is 5.30. The van der Waals surface area contributed by atoms with E-state index in [-0.39, 0.29) is 24.9 Å². The Morgan fingerprint density at radius 3 is 3.00 bits per heavy atom. The summed E-state index contributed by atoms with van der Waals surface area (Å²) in [7, 11) is 0. The van der Waals surface area contributed by atoms with Crippen LogP contribution < -0.4 is 7.86 Å². The van der Waals surface area contributed by atoms with Gasteiger partial charge in [0.05, 0.1) is 0 Å². The number of imidazole rings is 1. The number of aliphatic hydroxyl groups is 1. The summed E-state index contributed by atoms with van der Waals surface area (Å²) in [5.41, 5.74) is 1.33. The van der Waals surface area contributed by atoms with Crippen LogP contribution in [0.4, 0.5) is 5.95 Å². The van der Waals surface area contributed by atoms with Crippen molar-refractivity contribution >= 4 is 43.2 Å². The number of ether oxygens (including phenoxy) is 2. The van der Waals surface area contributed by atoms with E-state index in [9.17, 15) is 5.11 Å². The fraction of sp³-hybridized carbons (Fsp3) is 0.615. The van der Waals surface area contributed by atoms with E-state index in [1.807, 2.05) is 11.5 Å². The Balaban J connectivity index is 2.05. The SMILES string of the molecule is CCOc1nc([NH][Tl])nc2c1ncn2C1OC(CO)CC1C. The van der Waals surface area contributed by atoms with E-state index in [1.54, 1.807) is 6.33 Å². The van der Waals surface area contributed by atoms with E-state index in [0.29, 0.717) is 55.7 Å². The first-order valence-corrected chi connectivity index (χ1v) is 9.52. The standard InChI is InChI=1S/C13H18N5O3.Tl/c1-3-20-11-9-10(16-13(14)17-11)18(6-15-9)12-7(2)4-8(5-19)21-12;/h6-8,12,19H,3-5H2,1-2H3,(H-,14,16,17);/q-1;+1. The molecule has 3 heterocycles. The molecule has 3 unspecified atom stereocenters. The number of aromatic nitrogens is 4. The first-order valence-electron chi connectivity index (χ1n) is 7.28. The molecule has 3 rings (SSSR count). The summed E-state index contributed by atoms with van der Waals surface area (Å²) in [4.78, 5) is 13.3. The fourth-order valence-electron chi connectivity index (χ4n) is 2.75. The van der Waals surface area contributed by atoms with Crippen LogP contribution in [0.25, 0.3) is 11.2 Å². The van der Waals surface area contributed by atoms with Gasteiger partial charge in [-0.15, -0.1) is 0 Å². The molecule has 2 aromatic rings. The average Bonchev–Trinajstić information content (AvgIpc) is 3.10. The minimum atomic E-state index is -0.184. The first-order chi connectivity index (χ1) is 10.7. The molecule has 116 valence electrons. The zero-order valence-electron chi connectivity index (χ0n) is 12.6. The van der Waals surface area contributed by atoms with Gasteiger partial charge in [-0.05, 0) is 0 Å². The van der Waals surface area contributed by atoms with Crippen molar-refractivity contribution in [2.45, 2.75) is 32.6 Å². The van der Waals surface area contributed by atoms with E-state index in [1.165, 1.54) is 0 Å². The zero-order chi connectivity index (χ0) is 15.7. The summed E-state index contributed by atoms with van der Waals surface area (Å²) in [6.07, 6.45) is 2.21. The molecule has 8 nitrogen and oxygen atoms in total. The van der Waals surface area contributed by atoms with Gasteiger partial charge in [0.1, 0.15) is 0 Å². The Labute approximate surface area is 144 Å². The number of hydrogen-bond donors (Lipinski definition) is 2. The second-order valence-corrected chi connectivity index (χ2v) is 6.42. The molecular formula is C13H18N5O3Tl. The van der Waals surface area contributed by atoms with E-state index >= 15 is 0 Å². The van der Waals surface area contributed by atoms with Gasteiger partial charge in [0.15, 0.2) is 0 Å². The van der Waals surface area contributed by atoms with Crippen molar-refractivity contribution in [2.24, 2.45) is 5.92 Å². The number of hydrogen-bond acceptors (Lipinski definition) is 7. The van der Waals surface area contributed by atoms with Crippen LogP contribution in [0.3, 0.4) is 0 Å². The quantitative estimate of drug-likeness (QED) is 0.587. The van der Waals surface area contributed by atoms with Gasteiger partial charge in [0, 0.05) is 0 Å². The Morgan fingerprint density at radius 1 is 1.55 bits per heavy atom. The maximum atomic E-state index is 9.31. The molecule has 0 bridgehead atoms. The van der Waals surface area contributed by atoms with Crippen molar-refractivity contribution in [3.8, 4) is 5.88 Å². The minimum absolute atomic E-state index is 0.0289. The number of nitrogens with zero attached hydrogens (tertiary/aromatic N) is 4. The monoisotopic (exact) mass is 497 g/mol. The number of rotatable bonds is 5. The predicted molar refractivity (Wildman–Crippen MR) is 80.6 cm³/mol. The maximum absolute atomic E-state index is 9.31. The van der Waals surface area contributed by atoms with Crippen LogP contribution in [-0.4, -0.2) is 70.0 Å². The Kier molecular flexibility index (Phi) is 4.78. The van der Waals surface area contributed by atoms with Crippen molar-refractivity contribution in [1.82, 2.24) is 19.5 Å². The molecule has 3 atom stereocenters. The van der Waals surface area contributed by atoms with Crippen LogP contribution in [0, 0.1) is 5.92 Å². The summed E-state index contributed by atoms with van der Waals surface area (Å²) < 4.78 is 16.5.